The second kappa shape index (κ2) is 7.22. The molecule has 1 spiro atoms. The molecular formula is C22H26N6O. The van der Waals surface area contributed by atoms with Gasteiger partial charge in [0.05, 0.1) is 18.0 Å². The molecule has 7 heteroatoms. The number of fused-ring (bicyclic) bond motifs is 1. The Hall–Kier alpha value is -2.80. The van der Waals surface area contributed by atoms with Crippen molar-refractivity contribution in [3.8, 4) is 0 Å². The molecule has 1 N–H and O–H groups in total. The minimum absolute atomic E-state index is 0.0968. The lowest BCUT2D eigenvalue weighted by atomic mass is 9.71. The highest BCUT2D eigenvalue weighted by Gasteiger charge is 2.42. The average molecular weight is 390 g/mol. The molecule has 3 aromatic rings. The molecule has 2 aliphatic heterocycles. The van der Waals surface area contributed by atoms with E-state index in [-0.39, 0.29) is 11.5 Å². The van der Waals surface area contributed by atoms with Crippen LogP contribution < -0.4 is 9.80 Å². The van der Waals surface area contributed by atoms with E-state index in [4.69, 9.17) is 0 Å². The van der Waals surface area contributed by atoms with Crippen LogP contribution in [0, 0.1) is 12.3 Å². The number of aliphatic hydroxyl groups excluding tert-OH is 1. The number of anilines is 2. The van der Waals surface area contributed by atoms with Gasteiger partial charge in [-0.1, -0.05) is 24.3 Å². The summed E-state index contributed by atoms with van der Waals surface area (Å²) in [6.45, 7) is 5.38. The van der Waals surface area contributed by atoms with Gasteiger partial charge in [-0.3, -0.25) is 4.98 Å². The van der Waals surface area contributed by atoms with E-state index in [1.807, 2.05) is 6.92 Å². The lowest BCUT2D eigenvalue weighted by Crippen LogP contribution is -2.54. The van der Waals surface area contributed by atoms with Gasteiger partial charge < -0.3 is 14.9 Å². The highest BCUT2D eigenvalue weighted by atomic mass is 16.3. The predicted octanol–water partition coefficient (Wildman–Crippen LogP) is 2.59. The summed E-state index contributed by atoms with van der Waals surface area (Å²) < 4.78 is 0. The van der Waals surface area contributed by atoms with Crippen molar-refractivity contribution in [2.24, 2.45) is 5.41 Å². The van der Waals surface area contributed by atoms with E-state index in [9.17, 15) is 5.11 Å². The number of hydrogen-bond acceptors (Lipinski definition) is 7. The molecule has 1 unspecified atom stereocenters. The Kier molecular flexibility index (Phi) is 4.54. The first-order valence-corrected chi connectivity index (χ1v) is 10.3. The van der Waals surface area contributed by atoms with Gasteiger partial charge in [0, 0.05) is 49.3 Å². The molecule has 7 nitrogen and oxygen atoms in total. The molecule has 1 atom stereocenters. The van der Waals surface area contributed by atoms with Gasteiger partial charge in [0.25, 0.3) is 0 Å². The highest BCUT2D eigenvalue weighted by Crippen LogP contribution is 2.42. The van der Waals surface area contributed by atoms with E-state index in [0.717, 1.165) is 56.2 Å². The zero-order valence-electron chi connectivity index (χ0n) is 16.7. The Morgan fingerprint density at radius 3 is 2.59 bits per heavy atom. The minimum Gasteiger partial charge on any atom is -0.391 e. The summed E-state index contributed by atoms with van der Waals surface area (Å²) in [7, 11) is 0. The largest absolute Gasteiger partial charge is 0.391 e. The van der Waals surface area contributed by atoms with Crippen molar-refractivity contribution in [3.63, 3.8) is 0 Å². The Morgan fingerprint density at radius 1 is 1.03 bits per heavy atom. The van der Waals surface area contributed by atoms with E-state index in [2.05, 4.69) is 54.2 Å². The van der Waals surface area contributed by atoms with Crippen molar-refractivity contribution >= 4 is 22.4 Å². The molecule has 2 aliphatic rings. The zero-order valence-corrected chi connectivity index (χ0v) is 16.7. The fourth-order valence-corrected chi connectivity index (χ4v) is 4.99. The van der Waals surface area contributed by atoms with Crippen molar-refractivity contribution in [3.05, 3.63) is 48.5 Å². The topological polar surface area (TPSA) is 78.3 Å². The van der Waals surface area contributed by atoms with Gasteiger partial charge in [0.2, 0.25) is 0 Å². The second-order valence-electron chi connectivity index (χ2n) is 8.44. The van der Waals surface area contributed by atoms with Crippen LogP contribution >= 0.6 is 0 Å². The Balaban J connectivity index is 1.37. The van der Waals surface area contributed by atoms with Crippen LogP contribution in [0.1, 0.15) is 25.0 Å². The van der Waals surface area contributed by atoms with Crippen LogP contribution in [0.2, 0.25) is 0 Å². The standard InChI is InChI=1S/C22H26N6O/c1-16-18-4-2-3-5-19(18)21(26-25-16)27-10-6-22(7-11-27)12-17(29)14-28(15-22)20-13-23-8-9-24-20/h2-5,8-9,13,17,29H,6-7,10-12,14-15H2,1H3. The number of aliphatic hydroxyl groups is 1. The molecule has 0 saturated carbocycles. The van der Waals surface area contributed by atoms with E-state index in [1.165, 1.54) is 10.8 Å². The van der Waals surface area contributed by atoms with E-state index >= 15 is 0 Å². The van der Waals surface area contributed by atoms with E-state index in [1.54, 1.807) is 18.6 Å². The number of piperidine rings is 2. The van der Waals surface area contributed by atoms with Gasteiger partial charge in [-0.05, 0) is 31.6 Å². The maximum atomic E-state index is 10.6. The van der Waals surface area contributed by atoms with Gasteiger partial charge in [-0.2, -0.15) is 5.10 Å². The number of aryl methyl sites for hydroxylation is 1. The van der Waals surface area contributed by atoms with Gasteiger partial charge in [0.15, 0.2) is 5.82 Å². The van der Waals surface area contributed by atoms with Crippen LogP contribution in [0.3, 0.4) is 0 Å². The van der Waals surface area contributed by atoms with Crippen molar-refractivity contribution in [2.45, 2.75) is 32.3 Å². The van der Waals surface area contributed by atoms with Crippen LogP contribution in [0.25, 0.3) is 10.8 Å². The van der Waals surface area contributed by atoms with Crippen LogP contribution in [0.4, 0.5) is 11.6 Å². The lowest BCUT2D eigenvalue weighted by Gasteiger charge is -2.49. The molecule has 2 fully saturated rings. The summed E-state index contributed by atoms with van der Waals surface area (Å²) in [5, 5.41) is 21.9. The van der Waals surface area contributed by atoms with Crippen molar-refractivity contribution in [2.75, 3.05) is 36.0 Å². The molecular weight excluding hydrogens is 364 g/mol. The summed E-state index contributed by atoms with van der Waals surface area (Å²) >= 11 is 0. The van der Waals surface area contributed by atoms with Crippen molar-refractivity contribution in [1.82, 2.24) is 20.2 Å². The molecule has 0 amide bonds. The average Bonchev–Trinajstić information content (AvgIpc) is 2.75. The van der Waals surface area contributed by atoms with Crippen molar-refractivity contribution < 1.29 is 5.11 Å². The molecule has 0 aliphatic carbocycles. The van der Waals surface area contributed by atoms with Crippen LogP contribution in [0.5, 0.6) is 0 Å². The number of benzene rings is 1. The molecule has 2 aromatic heterocycles. The number of rotatable bonds is 2. The molecule has 4 heterocycles. The van der Waals surface area contributed by atoms with Crippen molar-refractivity contribution in [1.29, 1.82) is 0 Å². The van der Waals surface area contributed by atoms with E-state index < -0.39 is 0 Å². The number of aromatic nitrogens is 4. The van der Waals surface area contributed by atoms with E-state index in [0.29, 0.717) is 6.54 Å². The summed E-state index contributed by atoms with van der Waals surface area (Å²) in [6, 6.07) is 8.37. The van der Waals surface area contributed by atoms with Gasteiger partial charge >= 0.3 is 0 Å². The summed E-state index contributed by atoms with van der Waals surface area (Å²) in [5.41, 5.74) is 1.06. The molecule has 29 heavy (non-hydrogen) atoms. The molecule has 0 radical (unpaired) electrons. The second-order valence-corrected chi connectivity index (χ2v) is 8.44. The van der Waals surface area contributed by atoms with Crippen LogP contribution in [-0.4, -0.2) is 57.6 Å². The normalized spacial score (nSPS) is 21.7. The first-order valence-electron chi connectivity index (χ1n) is 10.3. The summed E-state index contributed by atoms with van der Waals surface area (Å²) in [4.78, 5) is 13.2. The zero-order chi connectivity index (χ0) is 19.8. The first kappa shape index (κ1) is 18.2. The van der Waals surface area contributed by atoms with Crippen LogP contribution in [0.15, 0.2) is 42.9 Å². The van der Waals surface area contributed by atoms with Crippen LogP contribution in [-0.2, 0) is 0 Å². The molecule has 150 valence electrons. The molecule has 0 bridgehead atoms. The minimum atomic E-state index is -0.336. The summed E-state index contributed by atoms with van der Waals surface area (Å²) in [5.74, 6) is 1.83. The third kappa shape index (κ3) is 3.40. The number of nitrogens with zero attached hydrogens (tertiary/aromatic N) is 6. The highest BCUT2D eigenvalue weighted by molar-refractivity contribution is 5.93. The lowest BCUT2D eigenvalue weighted by molar-refractivity contribution is 0.0594. The third-order valence-electron chi connectivity index (χ3n) is 6.48. The van der Waals surface area contributed by atoms with Gasteiger partial charge in [-0.15, -0.1) is 5.10 Å². The Bertz CT molecular complexity index is 1000. The Labute approximate surface area is 170 Å². The number of β-amino-alcohol motifs (C(OH)–C–C–N with tert-alkyl or cyclic N) is 1. The maximum absolute atomic E-state index is 10.6. The fraction of sp³-hybridized carbons (Fsp3) is 0.455. The molecule has 1 aromatic carbocycles. The predicted molar refractivity (Wildman–Crippen MR) is 113 cm³/mol. The maximum Gasteiger partial charge on any atom is 0.159 e. The summed E-state index contributed by atoms with van der Waals surface area (Å²) in [6.07, 6.45) is 7.73. The first-order chi connectivity index (χ1) is 14.1. The van der Waals surface area contributed by atoms with Gasteiger partial charge in [0.1, 0.15) is 5.82 Å². The molecule has 5 rings (SSSR count). The fourth-order valence-electron chi connectivity index (χ4n) is 4.99. The molecule has 2 saturated heterocycles. The SMILES string of the molecule is Cc1nnc(N2CCC3(CC2)CC(O)CN(c2cnccn2)C3)c2ccccc12. The monoisotopic (exact) mass is 390 g/mol. The van der Waals surface area contributed by atoms with Gasteiger partial charge in [-0.25, -0.2) is 4.98 Å². The third-order valence-corrected chi connectivity index (χ3v) is 6.48. The smallest absolute Gasteiger partial charge is 0.159 e. The quantitative estimate of drug-likeness (QED) is 0.720. The number of hydrogen-bond donors (Lipinski definition) is 1. The Morgan fingerprint density at radius 2 is 1.83 bits per heavy atom.